The highest BCUT2D eigenvalue weighted by Gasteiger charge is 2.19. The minimum absolute atomic E-state index is 0.0191. The summed E-state index contributed by atoms with van der Waals surface area (Å²) in [7, 11) is 0. The standard InChI is InChI=1S/C14H22ClFN2/c1-4-18(9-10(2)3)14(8-17)11-5-12(15)7-13(16)6-11/h5-7,10,14H,4,8-9,17H2,1-3H3. The van der Waals surface area contributed by atoms with Gasteiger partial charge in [-0.25, -0.2) is 4.39 Å². The Hall–Kier alpha value is -0.640. The first-order valence-corrected chi connectivity index (χ1v) is 6.75. The molecule has 0 spiro atoms. The van der Waals surface area contributed by atoms with Crippen LogP contribution in [0.5, 0.6) is 0 Å². The van der Waals surface area contributed by atoms with E-state index in [4.69, 9.17) is 17.3 Å². The van der Waals surface area contributed by atoms with Gasteiger partial charge in [0.05, 0.1) is 0 Å². The van der Waals surface area contributed by atoms with E-state index in [0.717, 1.165) is 18.7 Å². The Morgan fingerprint density at radius 3 is 2.44 bits per heavy atom. The van der Waals surface area contributed by atoms with Crippen LogP contribution in [0.25, 0.3) is 0 Å². The molecular formula is C14H22ClFN2. The van der Waals surface area contributed by atoms with E-state index in [1.165, 1.54) is 12.1 Å². The topological polar surface area (TPSA) is 29.3 Å². The molecule has 0 saturated carbocycles. The highest BCUT2D eigenvalue weighted by atomic mass is 35.5. The summed E-state index contributed by atoms with van der Waals surface area (Å²) in [6.45, 7) is 8.69. The Morgan fingerprint density at radius 1 is 1.33 bits per heavy atom. The van der Waals surface area contributed by atoms with Crippen molar-refractivity contribution in [2.75, 3.05) is 19.6 Å². The van der Waals surface area contributed by atoms with Crippen LogP contribution in [0.15, 0.2) is 18.2 Å². The Morgan fingerprint density at radius 2 is 2.00 bits per heavy atom. The number of hydrogen-bond acceptors (Lipinski definition) is 2. The number of hydrogen-bond donors (Lipinski definition) is 1. The summed E-state index contributed by atoms with van der Waals surface area (Å²) >= 11 is 5.91. The van der Waals surface area contributed by atoms with E-state index >= 15 is 0 Å². The fraction of sp³-hybridized carbons (Fsp3) is 0.571. The number of likely N-dealkylation sites (N-methyl/N-ethyl adjacent to an activating group) is 1. The van der Waals surface area contributed by atoms with Gasteiger partial charge in [-0.2, -0.15) is 0 Å². The molecule has 1 atom stereocenters. The average molecular weight is 273 g/mol. The highest BCUT2D eigenvalue weighted by molar-refractivity contribution is 6.30. The SMILES string of the molecule is CCN(CC(C)C)C(CN)c1cc(F)cc(Cl)c1. The molecule has 0 fully saturated rings. The van der Waals surface area contributed by atoms with Gasteiger partial charge in [0.15, 0.2) is 0 Å². The Labute approximate surface area is 114 Å². The lowest BCUT2D eigenvalue weighted by Crippen LogP contribution is -2.36. The fourth-order valence-corrected chi connectivity index (χ4v) is 2.44. The van der Waals surface area contributed by atoms with Gasteiger partial charge in [-0.15, -0.1) is 0 Å². The molecule has 1 aromatic rings. The molecule has 0 heterocycles. The highest BCUT2D eigenvalue weighted by Crippen LogP contribution is 2.24. The van der Waals surface area contributed by atoms with E-state index in [1.807, 2.05) is 0 Å². The fourth-order valence-electron chi connectivity index (χ4n) is 2.21. The summed E-state index contributed by atoms with van der Waals surface area (Å²) in [6.07, 6.45) is 0. The lowest BCUT2D eigenvalue weighted by molar-refractivity contribution is 0.189. The second-order valence-electron chi connectivity index (χ2n) is 4.94. The third kappa shape index (κ3) is 4.23. The summed E-state index contributed by atoms with van der Waals surface area (Å²) < 4.78 is 13.4. The third-order valence-electron chi connectivity index (χ3n) is 2.94. The van der Waals surface area contributed by atoms with E-state index in [1.54, 1.807) is 6.07 Å². The molecule has 0 aliphatic heterocycles. The maximum Gasteiger partial charge on any atom is 0.125 e. The second kappa shape index (κ2) is 7.07. The molecule has 0 saturated heterocycles. The summed E-state index contributed by atoms with van der Waals surface area (Å²) in [5.41, 5.74) is 6.70. The number of rotatable bonds is 6. The van der Waals surface area contributed by atoms with Gasteiger partial charge in [-0.05, 0) is 36.2 Å². The zero-order valence-corrected chi connectivity index (χ0v) is 12.0. The van der Waals surface area contributed by atoms with Crippen LogP contribution in [0.4, 0.5) is 4.39 Å². The monoisotopic (exact) mass is 272 g/mol. The molecule has 18 heavy (non-hydrogen) atoms. The summed E-state index contributed by atoms with van der Waals surface area (Å²) in [5.74, 6) is 0.236. The Balaban J connectivity index is 2.99. The van der Waals surface area contributed by atoms with Crippen molar-refractivity contribution < 1.29 is 4.39 Å². The molecule has 0 amide bonds. The van der Waals surface area contributed by atoms with Crippen LogP contribution >= 0.6 is 11.6 Å². The predicted octanol–water partition coefficient (Wildman–Crippen LogP) is 3.46. The molecular weight excluding hydrogens is 251 g/mol. The van der Waals surface area contributed by atoms with Gasteiger partial charge in [-0.3, -0.25) is 4.90 Å². The molecule has 2 nitrogen and oxygen atoms in total. The molecule has 2 N–H and O–H groups in total. The summed E-state index contributed by atoms with van der Waals surface area (Å²) in [4.78, 5) is 2.26. The normalized spacial score (nSPS) is 13.3. The van der Waals surface area contributed by atoms with E-state index in [2.05, 4.69) is 25.7 Å². The minimum atomic E-state index is -0.309. The van der Waals surface area contributed by atoms with Gasteiger partial charge in [0.1, 0.15) is 5.82 Å². The van der Waals surface area contributed by atoms with Crippen molar-refractivity contribution in [1.29, 1.82) is 0 Å². The van der Waals surface area contributed by atoms with Crippen molar-refractivity contribution in [1.82, 2.24) is 4.90 Å². The lowest BCUT2D eigenvalue weighted by Gasteiger charge is -2.31. The van der Waals surface area contributed by atoms with Crippen molar-refractivity contribution >= 4 is 11.6 Å². The van der Waals surface area contributed by atoms with Crippen molar-refractivity contribution in [2.45, 2.75) is 26.8 Å². The molecule has 0 bridgehead atoms. The van der Waals surface area contributed by atoms with Gasteiger partial charge in [0.25, 0.3) is 0 Å². The Bertz CT molecular complexity index is 362. The lowest BCUT2D eigenvalue weighted by atomic mass is 10.0. The molecule has 1 rings (SSSR count). The van der Waals surface area contributed by atoms with E-state index in [9.17, 15) is 4.39 Å². The quantitative estimate of drug-likeness (QED) is 0.859. The number of nitrogens with zero attached hydrogens (tertiary/aromatic N) is 1. The van der Waals surface area contributed by atoms with E-state index in [0.29, 0.717) is 17.5 Å². The van der Waals surface area contributed by atoms with Crippen LogP contribution in [0.2, 0.25) is 5.02 Å². The first kappa shape index (κ1) is 15.4. The van der Waals surface area contributed by atoms with Crippen LogP contribution in [-0.4, -0.2) is 24.5 Å². The van der Waals surface area contributed by atoms with Gasteiger partial charge >= 0.3 is 0 Å². The number of halogens is 2. The van der Waals surface area contributed by atoms with E-state index in [-0.39, 0.29) is 11.9 Å². The maximum atomic E-state index is 13.4. The van der Waals surface area contributed by atoms with Crippen molar-refractivity contribution in [3.63, 3.8) is 0 Å². The second-order valence-corrected chi connectivity index (χ2v) is 5.37. The smallest absolute Gasteiger partial charge is 0.125 e. The molecule has 0 aliphatic carbocycles. The predicted molar refractivity (Wildman–Crippen MR) is 75.3 cm³/mol. The Kier molecular flexibility index (Phi) is 6.06. The zero-order valence-electron chi connectivity index (χ0n) is 11.3. The largest absolute Gasteiger partial charge is 0.329 e. The van der Waals surface area contributed by atoms with Gasteiger partial charge < -0.3 is 5.73 Å². The van der Waals surface area contributed by atoms with Crippen molar-refractivity contribution in [2.24, 2.45) is 11.7 Å². The van der Waals surface area contributed by atoms with Crippen molar-refractivity contribution in [3.05, 3.63) is 34.6 Å². The molecule has 0 radical (unpaired) electrons. The molecule has 1 aromatic carbocycles. The molecule has 4 heteroatoms. The first-order chi connectivity index (χ1) is 8.47. The number of benzene rings is 1. The number of nitrogens with two attached hydrogens (primary N) is 1. The summed E-state index contributed by atoms with van der Waals surface area (Å²) in [5, 5.41) is 0.420. The van der Waals surface area contributed by atoms with Crippen molar-refractivity contribution in [3.8, 4) is 0 Å². The van der Waals surface area contributed by atoms with Crippen LogP contribution in [-0.2, 0) is 0 Å². The van der Waals surface area contributed by atoms with Gasteiger partial charge in [-0.1, -0.05) is 32.4 Å². The average Bonchev–Trinajstić information content (AvgIpc) is 2.26. The molecule has 1 unspecified atom stereocenters. The van der Waals surface area contributed by atoms with E-state index < -0.39 is 0 Å². The van der Waals surface area contributed by atoms with Crippen LogP contribution < -0.4 is 5.73 Å². The van der Waals surface area contributed by atoms with Gasteiger partial charge in [0, 0.05) is 24.2 Å². The molecule has 0 aliphatic rings. The van der Waals surface area contributed by atoms with Crippen LogP contribution in [0, 0.1) is 11.7 Å². The molecule has 102 valence electrons. The molecule has 0 aromatic heterocycles. The minimum Gasteiger partial charge on any atom is -0.329 e. The van der Waals surface area contributed by atoms with Gasteiger partial charge in [0.2, 0.25) is 0 Å². The maximum absolute atomic E-state index is 13.4. The van der Waals surface area contributed by atoms with Crippen LogP contribution in [0.3, 0.4) is 0 Å². The van der Waals surface area contributed by atoms with Crippen LogP contribution in [0.1, 0.15) is 32.4 Å². The zero-order chi connectivity index (χ0) is 13.7. The third-order valence-corrected chi connectivity index (χ3v) is 3.16. The first-order valence-electron chi connectivity index (χ1n) is 6.38. The summed E-state index contributed by atoms with van der Waals surface area (Å²) in [6, 6.07) is 4.65.